The minimum Gasteiger partial charge on any atom is -0.445 e. The molecular formula is C33H41N3O6Si. The second-order valence-corrected chi connectivity index (χ2v) is 15.9. The molecule has 0 unspecified atom stereocenters. The number of ether oxygens (including phenoxy) is 1. The predicted octanol–water partition coefficient (Wildman–Crippen LogP) is 3.26. The summed E-state index contributed by atoms with van der Waals surface area (Å²) in [6.07, 6.45) is 0.945. The summed E-state index contributed by atoms with van der Waals surface area (Å²) in [7, 11) is -3.08. The van der Waals surface area contributed by atoms with Crippen molar-refractivity contribution in [2.75, 3.05) is 13.2 Å². The van der Waals surface area contributed by atoms with E-state index in [2.05, 4.69) is 55.7 Å². The highest BCUT2D eigenvalue weighted by molar-refractivity contribution is 6.99. The van der Waals surface area contributed by atoms with Crippen molar-refractivity contribution in [3.8, 4) is 0 Å². The molecule has 1 aliphatic heterocycles. The van der Waals surface area contributed by atoms with Crippen LogP contribution in [0.5, 0.6) is 0 Å². The number of nitrogens with one attached hydrogen (secondary N) is 2. The average Bonchev–Trinajstić information content (AvgIpc) is 3.18. The largest absolute Gasteiger partial charge is 0.445 e. The Hall–Kier alpha value is -3.99. The van der Waals surface area contributed by atoms with E-state index in [1.54, 1.807) is 0 Å². The molecule has 3 aromatic rings. The van der Waals surface area contributed by atoms with Crippen molar-refractivity contribution in [2.45, 2.75) is 63.8 Å². The summed E-state index contributed by atoms with van der Waals surface area (Å²) in [6, 6.07) is 27.0. The zero-order chi connectivity index (χ0) is 30.9. The molecule has 3 N–H and O–H groups in total. The highest BCUT2D eigenvalue weighted by Crippen LogP contribution is 2.37. The highest BCUT2D eigenvalue weighted by atomic mass is 28.4. The smallest absolute Gasteiger partial charge is 0.408 e. The van der Waals surface area contributed by atoms with E-state index < -0.39 is 39.0 Å². The van der Waals surface area contributed by atoms with Gasteiger partial charge in [-0.2, -0.15) is 0 Å². The lowest BCUT2D eigenvalue weighted by Gasteiger charge is -2.45. The molecule has 0 aromatic heterocycles. The van der Waals surface area contributed by atoms with Crippen molar-refractivity contribution in [3.63, 3.8) is 0 Å². The van der Waals surface area contributed by atoms with Crippen LogP contribution in [0.15, 0.2) is 91.0 Å². The Morgan fingerprint density at radius 3 is 2.02 bits per heavy atom. The first-order valence-corrected chi connectivity index (χ1v) is 16.6. The number of hydrogen-bond donors (Lipinski definition) is 3. The van der Waals surface area contributed by atoms with Crippen molar-refractivity contribution in [1.29, 1.82) is 0 Å². The molecule has 1 fully saturated rings. The Kier molecular flexibility index (Phi) is 10.7. The van der Waals surface area contributed by atoms with Gasteiger partial charge in [0, 0.05) is 6.54 Å². The van der Waals surface area contributed by atoms with Gasteiger partial charge in [-0.3, -0.25) is 9.59 Å². The Morgan fingerprint density at radius 1 is 0.930 bits per heavy atom. The molecule has 0 aliphatic carbocycles. The third kappa shape index (κ3) is 7.70. The van der Waals surface area contributed by atoms with E-state index in [0.717, 1.165) is 15.9 Å². The van der Waals surface area contributed by atoms with Crippen LogP contribution in [0.25, 0.3) is 0 Å². The number of carbonyl (C=O) groups excluding carboxylic acids is 3. The summed E-state index contributed by atoms with van der Waals surface area (Å²) in [5.41, 5.74) is 0.785. The molecule has 0 bridgehead atoms. The third-order valence-electron chi connectivity index (χ3n) is 7.63. The van der Waals surface area contributed by atoms with Crippen LogP contribution < -0.4 is 21.0 Å². The number of hydrogen-bond acceptors (Lipinski definition) is 6. The number of aliphatic hydroxyl groups excluding tert-OH is 1. The number of carbonyl (C=O) groups is 3. The fourth-order valence-electron chi connectivity index (χ4n) is 5.40. The molecule has 43 heavy (non-hydrogen) atoms. The summed E-state index contributed by atoms with van der Waals surface area (Å²) in [5, 5.41) is 18.2. The normalized spacial score (nSPS) is 16.6. The maximum atomic E-state index is 14.0. The number of aliphatic hydroxyl groups is 1. The van der Waals surface area contributed by atoms with Crippen LogP contribution in [0.4, 0.5) is 4.79 Å². The van der Waals surface area contributed by atoms with Crippen LogP contribution in [0.3, 0.4) is 0 Å². The van der Waals surface area contributed by atoms with Crippen molar-refractivity contribution < 1.29 is 28.8 Å². The van der Waals surface area contributed by atoms with Crippen LogP contribution in [0.2, 0.25) is 5.04 Å². The fraction of sp³-hybridized carbons (Fsp3) is 0.364. The zero-order valence-electron chi connectivity index (χ0n) is 25.0. The van der Waals surface area contributed by atoms with E-state index in [1.165, 1.54) is 5.06 Å². The number of nitrogens with zero attached hydrogens (tertiary/aromatic N) is 1. The van der Waals surface area contributed by atoms with Crippen LogP contribution in [-0.2, 0) is 25.5 Å². The van der Waals surface area contributed by atoms with Crippen LogP contribution in [0, 0.1) is 0 Å². The molecule has 9 nitrogen and oxygen atoms in total. The van der Waals surface area contributed by atoms with E-state index >= 15 is 0 Å². The maximum absolute atomic E-state index is 14.0. The summed E-state index contributed by atoms with van der Waals surface area (Å²) >= 11 is 0. The summed E-state index contributed by atoms with van der Waals surface area (Å²) in [5.74, 6) is -1.04. The Morgan fingerprint density at radius 2 is 1.49 bits per heavy atom. The highest BCUT2D eigenvalue weighted by Gasteiger charge is 2.53. The number of alkyl carbamates (subject to hydrolysis) is 1. The standard InChI is InChI=1S/C33H41N3O6Si/c1-33(2,3)43(26-17-9-5-10-18-26,27-19-11-6-12-20-27)42-36-22-14-13-21-28(31(36)39)34-30(38)29(23-37)35-32(40)41-24-25-15-7-4-8-16-25/h4-12,15-20,28-29,37H,13-14,21-24H2,1-3H3,(H,34,38)(H,35,40)/t28-,29-/m0/s1. The Bertz CT molecular complexity index is 1310. The van der Waals surface area contributed by atoms with Crippen LogP contribution >= 0.6 is 0 Å². The number of hydroxylamine groups is 2. The van der Waals surface area contributed by atoms with Gasteiger partial charge in [-0.25, -0.2) is 9.86 Å². The van der Waals surface area contributed by atoms with E-state index in [9.17, 15) is 19.5 Å². The Balaban J connectivity index is 1.52. The molecule has 1 heterocycles. The first-order valence-electron chi connectivity index (χ1n) is 14.7. The van der Waals surface area contributed by atoms with Gasteiger partial charge in [0.15, 0.2) is 0 Å². The summed E-state index contributed by atoms with van der Waals surface area (Å²) < 4.78 is 12.2. The number of amides is 3. The molecule has 3 aromatic carbocycles. The predicted molar refractivity (Wildman–Crippen MR) is 167 cm³/mol. The van der Waals surface area contributed by atoms with E-state index in [0.29, 0.717) is 25.8 Å². The van der Waals surface area contributed by atoms with Crippen molar-refractivity contribution in [3.05, 3.63) is 96.6 Å². The fourth-order valence-corrected chi connectivity index (χ4v) is 9.78. The molecule has 0 saturated carbocycles. The summed E-state index contributed by atoms with van der Waals surface area (Å²) in [6.45, 7) is 6.14. The van der Waals surface area contributed by atoms with Gasteiger partial charge in [-0.15, -0.1) is 0 Å². The van der Waals surface area contributed by atoms with Gasteiger partial charge < -0.3 is 25.0 Å². The molecule has 3 amide bonds. The van der Waals surface area contributed by atoms with Gasteiger partial charge >= 0.3 is 6.09 Å². The molecule has 228 valence electrons. The van der Waals surface area contributed by atoms with Gasteiger partial charge in [-0.1, -0.05) is 112 Å². The van der Waals surface area contributed by atoms with Gasteiger partial charge in [0.1, 0.15) is 18.7 Å². The number of benzene rings is 3. The second kappa shape index (κ2) is 14.5. The zero-order valence-corrected chi connectivity index (χ0v) is 26.0. The van der Waals surface area contributed by atoms with E-state index in [1.807, 2.05) is 66.7 Å². The molecule has 0 spiro atoms. The molecule has 0 radical (unpaired) electrons. The molecule has 1 aliphatic rings. The minimum atomic E-state index is -3.08. The molecule has 2 atom stereocenters. The third-order valence-corrected chi connectivity index (χ3v) is 12.5. The van der Waals surface area contributed by atoms with Crippen LogP contribution in [-0.4, -0.2) is 61.6 Å². The van der Waals surface area contributed by atoms with Crippen molar-refractivity contribution in [2.24, 2.45) is 0 Å². The first-order chi connectivity index (χ1) is 20.7. The molecule has 4 rings (SSSR count). The van der Waals surface area contributed by atoms with E-state index in [4.69, 9.17) is 9.26 Å². The van der Waals surface area contributed by atoms with Crippen molar-refractivity contribution >= 4 is 36.6 Å². The quantitative estimate of drug-likeness (QED) is 0.307. The molecular weight excluding hydrogens is 562 g/mol. The van der Waals surface area contributed by atoms with Crippen LogP contribution in [0.1, 0.15) is 45.6 Å². The van der Waals surface area contributed by atoms with Gasteiger partial charge in [0.25, 0.3) is 14.2 Å². The van der Waals surface area contributed by atoms with Gasteiger partial charge in [0.2, 0.25) is 5.91 Å². The topological polar surface area (TPSA) is 117 Å². The molecule has 10 heteroatoms. The second-order valence-electron chi connectivity index (χ2n) is 11.7. The monoisotopic (exact) mass is 603 g/mol. The average molecular weight is 604 g/mol. The SMILES string of the molecule is CC(C)(C)[Si](ON1CCCC[C@H](NC(=O)[C@H](CO)NC(=O)OCc2ccccc2)C1=O)(c1ccccc1)c1ccccc1. The van der Waals surface area contributed by atoms with Crippen molar-refractivity contribution in [1.82, 2.24) is 15.7 Å². The minimum absolute atomic E-state index is 0.0160. The number of rotatable bonds is 10. The van der Waals surface area contributed by atoms with E-state index in [-0.39, 0.29) is 17.6 Å². The van der Waals surface area contributed by atoms with Gasteiger partial charge in [0.05, 0.1) is 6.61 Å². The van der Waals surface area contributed by atoms with Gasteiger partial charge in [-0.05, 0) is 40.2 Å². The molecule has 1 saturated heterocycles. The first kappa shape index (κ1) is 31.9. The lowest BCUT2D eigenvalue weighted by Crippen LogP contribution is -2.69. The Labute approximate surface area is 254 Å². The summed E-state index contributed by atoms with van der Waals surface area (Å²) in [4.78, 5) is 39.5. The lowest BCUT2D eigenvalue weighted by atomic mass is 10.1. The lowest BCUT2D eigenvalue weighted by molar-refractivity contribution is -0.161. The maximum Gasteiger partial charge on any atom is 0.408 e.